The second-order valence-corrected chi connectivity index (χ2v) is 2.20. The molecule has 0 amide bonds. The molecule has 56 valence electrons. The van der Waals surface area contributed by atoms with Crippen molar-refractivity contribution < 1.29 is 4.74 Å². The molecule has 0 saturated heterocycles. The van der Waals surface area contributed by atoms with Gasteiger partial charge in [-0.2, -0.15) is 0 Å². The van der Waals surface area contributed by atoms with Crippen LogP contribution in [0, 0.1) is 5.39 Å². The average Bonchev–Trinajstić information content (AvgIpc) is 2.06. The smallest absolute Gasteiger partial charge is 0.380 e. The molecule has 0 aromatic heterocycles. The first-order chi connectivity index (χ1) is 5.36. The van der Waals surface area contributed by atoms with E-state index >= 15 is 0 Å². The molecule has 3 heteroatoms. The van der Waals surface area contributed by atoms with Crippen molar-refractivity contribution in [3.05, 3.63) is 34.8 Å². The van der Waals surface area contributed by atoms with Gasteiger partial charge in [-0.05, 0) is 5.56 Å². The fourth-order valence-electron chi connectivity index (χ4n) is 0.875. The first kappa shape index (κ1) is 7.70. The molecule has 0 spiro atoms. The minimum atomic E-state index is 0.545. The monoisotopic (exact) mass is 149 g/mol. The number of nitrogens with zero attached hydrogens (tertiary/aromatic N) is 2. The average molecular weight is 149 g/mol. The summed E-state index contributed by atoms with van der Waals surface area (Å²) >= 11 is 0. The number of ether oxygens (including phenoxy) is 1. The zero-order chi connectivity index (χ0) is 8.10. The van der Waals surface area contributed by atoms with Crippen LogP contribution in [-0.4, -0.2) is 7.11 Å². The second-order valence-electron chi connectivity index (χ2n) is 2.20. The molecule has 0 aliphatic carbocycles. The summed E-state index contributed by atoms with van der Waals surface area (Å²) in [4.78, 5) is 3.06. The molecule has 11 heavy (non-hydrogen) atoms. The largest absolute Gasteiger partial charge is 0.385 e. The molecule has 0 bridgehead atoms. The molecule has 1 rings (SSSR count). The van der Waals surface area contributed by atoms with Crippen molar-refractivity contribution in [2.45, 2.75) is 6.61 Å². The molecule has 1 aromatic carbocycles. The van der Waals surface area contributed by atoms with E-state index in [0.29, 0.717) is 12.3 Å². The van der Waals surface area contributed by atoms with E-state index in [2.05, 4.69) is 4.98 Å². The lowest BCUT2D eigenvalue weighted by molar-refractivity contribution is 0.185. The Bertz CT molecular complexity index is 278. The van der Waals surface area contributed by atoms with Crippen molar-refractivity contribution >= 4 is 5.69 Å². The molecule has 3 nitrogen and oxygen atoms in total. The van der Waals surface area contributed by atoms with Crippen molar-refractivity contribution in [2.24, 2.45) is 0 Å². The number of rotatable bonds is 2. The quantitative estimate of drug-likeness (QED) is 0.605. The zero-order valence-electron chi connectivity index (χ0n) is 6.32. The Hall–Kier alpha value is -1.40. The highest BCUT2D eigenvalue weighted by Crippen LogP contribution is 2.13. The van der Waals surface area contributed by atoms with E-state index in [1.54, 1.807) is 19.2 Å². The standard InChI is InChI=1S/C8H9N2O/c1-11-6-7-3-2-4-8(5-7)10-9/h2-5H,6H2,1H3/q+1. The van der Waals surface area contributed by atoms with Gasteiger partial charge in [0, 0.05) is 19.2 Å². The van der Waals surface area contributed by atoms with Crippen molar-refractivity contribution in [3.63, 3.8) is 0 Å². The van der Waals surface area contributed by atoms with Gasteiger partial charge in [-0.3, -0.25) is 0 Å². The number of hydrogen-bond donors (Lipinski definition) is 0. The van der Waals surface area contributed by atoms with Crippen molar-refractivity contribution in [3.8, 4) is 0 Å². The van der Waals surface area contributed by atoms with Crippen LogP contribution in [-0.2, 0) is 11.3 Å². The van der Waals surface area contributed by atoms with Gasteiger partial charge in [0.25, 0.3) is 0 Å². The van der Waals surface area contributed by atoms with Gasteiger partial charge in [-0.15, -0.1) is 0 Å². The van der Waals surface area contributed by atoms with Gasteiger partial charge in [0.15, 0.2) is 4.98 Å². The first-order valence-corrected chi connectivity index (χ1v) is 3.30. The molecule has 0 atom stereocenters. The van der Waals surface area contributed by atoms with Crippen LogP contribution in [0.15, 0.2) is 24.3 Å². The van der Waals surface area contributed by atoms with Crippen molar-refractivity contribution in [1.29, 1.82) is 5.39 Å². The predicted octanol–water partition coefficient (Wildman–Crippen LogP) is 2.32. The van der Waals surface area contributed by atoms with Crippen LogP contribution >= 0.6 is 0 Å². The maximum atomic E-state index is 8.41. The molecule has 1 aromatic rings. The highest BCUT2D eigenvalue weighted by atomic mass is 16.5. The molecule has 0 unspecified atom stereocenters. The summed E-state index contributed by atoms with van der Waals surface area (Å²) in [7, 11) is 1.63. The fourth-order valence-corrected chi connectivity index (χ4v) is 0.875. The summed E-state index contributed by atoms with van der Waals surface area (Å²) in [5.41, 5.74) is 1.56. The van der Waals surface area contributed by atoms with Gasteiger partial charge >= 0.3 is 5.69 Å². The van der Waals surface area contributed by atoms with Crippen LogP contribution in [0.25, 0.3) is 4.98 Å². The molecule has 0 saturated carbocycles. The Morgan fingerprint density at radius 1 is 1.55 bits per heavy atom. The van der Waals surface area contributed by atoms with Crippen LogP contribution in [0.3, 0.4) is 0 Å². The second kappa shape index (κ2) is 3.69. The Kier molecular flexibility index (Phi) is 2.59. The van der Waals surface area contributed by atoms with E-state index in [4.69, 9.17) is 10.1 Å². The zero-order valence-corrected chi connectivity index (χ0v) is 6.32. The van der Waals surface area contributed by atoms with E-state index in [0.717, 1.165) is 5.56 Å². The summed E-state index contributed by atoms with van der Waals surface area (Å²) in [5.74, 6) is 0. The minimum Gasteiger partial charge on any atom is -0.380 e. The number of methoxy groups -OCH3 is 1. The van der Waals surface area contributed by atoms with Crippen molar-refractivity contribution in [1.82, 2.24) is 0 Å². The number of diazo groups is 1. The van der Waals surface area contributed by atoms with Gasteiger partial charge in [0.05, 0.1) is 6.61 Å². The lowest BCUT2D eigenvalue weighted by Gasteiger charge is -1.94. The van der Waals surface area contributed by atoms with Gasteiger partial charge in [-0.1, -0.05) is 12.1 Å². The number of hydrogen-bond acceptors (Lipinski definition) is 2. The number of benzene rings is 1. The van der Waals surface area contributed by atoms with Crippen LogP contribution in [0.4, 0.5) is 5.69 Å². The Balaban J connectivity index is 2.85. The SMILES string of the molecule is COCc1cccc([N+]#N)c1. The van der Waals surface area contributed by atoms with E-state index < -0.39 is 0 Å². The highest BCUT2D eigenvalue weighted by Gasteiger charge is 2.03. The molecule has 0 aliphatic heterocycles. The molecule has 0 fully saturated rings. The molecule has 0 radical (unpaired) electrons. The van der Waals surface area contributed by atoms with Crippen LogP contribution in [0.5, 0.6) is 0 Å². The maximum Gasteiger partial charge on any atom is 0.385 e. The lowest BCUT2D eigenvalue weighted by Crippen LogP contribution is -1.84. The Morgan fingerprint density at radius 2 is 2.36 bits per heavy atom. The summed E-state index contributed by atoms with van der Waals surface area (Å²) < 4.78 is 4.90. The van der Waals surface area contributed by atoms with E-state index in [1.807, 2.05) is 12.1 Å². The van der Waals surface area contributed by atoms with Gasteiger partial charge < -0.3 is 4.74 Å². The molecule has 0 aliphatic rings. The highest BCUT2D eigenvalue weighted by molar-refractivity contribution is 5.45. The molecular formula is C8H9N2O+. The summed E-state index contributed by atoms with van der Waals surface area (Å²) in [5, 5.41) is 8.41. The van der Waals surface area contributed by atoms with Gasteiger partial charge in [-0.25, -0.2) is 0 Å². The Labute approximate surface area is 65.2 Å². The third-order valence-corrected chi connectivity index (χ3v) is 1.34. The van der Waals surface area contributed by atoms with Crippen LogP contribution in [0.1, 0.15) is 5.56 Å². The maximum absolute atomic E-state index is 8.41. The summed E-state index contributed by atoms with van der Waals surface area (Å²) in [6.07, 6.45) is 0. The summed E-state index contributed by atoms with van der Waals surface area (Å²) in [6.45, 7) is 0.545. The Morgan fingerprint density at radius 3 is 3.00 bits per heavy atom. The van der Waals surface area contributed by atoms with Gasteiger partial charge in [0.1, 0.15) is 0 Å². The minimum absolute atomic E-state index is 0.545. The van der Waals surface area contributed by atoms with Crippen LogP contribution < -0.4 is 0 Å². The normalized spacial score (nSPS) is 9.09. The molecule has 0 heterocycles. The lowest BCUT2D eigenvalue weighted by atomic mass is 10.2. The fraction of sp³-hybridized carbons (Fsp3) is 0.250. The van der Waals surface area contributed by atoms with Crippen LogP contribution in [0.2, 0.25) is 0 Å². The van der Waals surface area contributed by atoms with E-state index in [-0.39, 0.29) is 0 Å². The third-order valence-electron chi connectivity index (χ3n) is 1.34. The van der Waals surface area contributed by atoms with E-state index in [9.17, 15) is 0 Å². The topological polar surface area (TPSA) is 37.4 Å². The molecule has 0 N–H and O–H groups in total. The van der Waals surface area contributed by atoms with Crippen molar-refractivity contribution in [2.75, 3.05) is 7.11 Å². The molecular weight excluding hydrogens is 140 g/mol. The third kappa shape index (κ3) is 2.03. The predicted molar refractivity (Wildman–Crippen MR) is 41.9 cm³/mol. The van der Waals surface area contributed by atoms with Gasteiger partial charge in [0.2, 0.25) is 5.39 Å². The summed E-state index contributed by atoms with van der Waals surface area (Å²) in [6, 6.07) is 7.23. The van der Waals surface area contributed by atoms with E-state index in [1.165, 1.54) is 0 Å². The first-order valence-electron chi connectivity index (χ1n) is 3.30.